The van der Waals surface area contributed by atoms with Crippen molar-refractivity contribution in [1.29, 1.82) is 0 Å². The van der Waals surface area contributed by atoms with Gasteiger partial charge in [0.1, 0.15) is 11.5 Å². The number of nitrogens with zero attached hydrogens (tertiary/aromatic N) is 3. The van der Waals surface area contributed by atoms with Crippen LogP contribution in [0.3, 0.4) is 0 Å². The summed E-state index contributed by atoms with van der Waals surface area (Å²) in [4.78, 5) is 10.7. The molecular weight excluding hydrogens is 671 g/mol. The van der Waals surface area contributed by atoms with Crippen molar-refractivity contribution in [2.24, 2.45) is 0 Å². The molecule has 0 bridgehead atoms. The van der Waals surface area contributed by atoms with E-state index in [-0.39, 0.29) is 0 Å². The quantitative estimate of drug-likeness (QED) is 0.184. The molecule has 2 aromatic heterocycles. The van der Waals surface area contributed by atoms with Crippen molar-refractivity contribution in [1.82, 2.24) is 14.5 Å². The maximum atomic E-state index is 6.90. The van der Waals surface area contributed by atoms with Crippen molar-refractivity contribution in [2.75, 3.05) is 0 Å². The van der Waals surface area contributed by atoms with Crippen LogP contribution in [0, 0.1) is 0 Å². The number of fused-ring (bicyclic) bond motifs is 13. The molecule has 10 aromatic rings. The van der Waals surface area contributed by atoms with E-state index in [2.05, 4.69) is 187 Å². The Labute approximate surface area is 317 Å². The summed E-state index contributed by atoms with van der Waals surface area (Å²) in [5.74, 6) is 2.37. The molecule has 4 nitrogen and oxygen atoms in total. The van der Waals surface area contributed by atoms with Crippen LogP contribution < -0.4 is 4.74 Å². The highest BCUT2D eigenvalue weighted by molar-refractivity contribution is 6.10. The van der Waals surface area contributed by atoms with Crippen LogP contribution in [0.15, 0.2) is 188 Å². The summed E-state index contributed by atoms with van der Waals surface area (Å²) in [6.45, 7) is 0. The first-order valence-electron chi connectivity index (χ1n) is 18.7. The lowest BCUT2D eigenvalue weighted by atomic mass is 9.66. The maximum Gasteiger partial charge on any atom is 0.235 e. The van der Waals surface area contributed by atoms with Crippen molar-refractivity contribution in [3.63, 3.8) is 0 Å². The molecule has 0 fully saturated rings. The highest BCUT2D eigenvalue weighted by Gasteiger charge is 2.51. The molecule has 1 spiro atoms. The number of rotatable bonds is 3. The third kappa shape index (κ3) is 4.16. The van der Waals surface area contributed by atoms with E-state index in [0.29, 0.717) is 5.95 Å². The van der Waals surface area contributed by atoms with E-state index in [4.69, 9.17) is 14.7 Å². The molecule has 0 saturated heterocycles. The van der Waals surface area contributed by atoms with Crippen LogP contribution in [0.4, 0.5) is 0 Å². The van der Waals surface area contributed by atoms with Gasteiger partial charge in [-0.1, -0.05) is 158 Å². The predicted molar refractivity (Wildman–Crippen MR) is 222 cm³/mol. The zero-order valence-electron chi connectivity index (χ0n) is 29.6. The minimum atomic E-state index is -0.581. The molecule has 8 aromatic carbocycles. The van der Waals surface area contributed by atoms with Gasteiger partial charge in [-0.2, -0.15) is 0 Å². The number of hydrogen-bond donors (Lipinski definition) is 0. The molecule has 1 aliphatic carbocycles. The molecule has 0 unspecified atom stereocenters. The molecule has 1 aliphatic heterocycles. The molecule has 0 radical (unpaired) electrons. The Balaban J connectivity index is 1.15. The van der Waals surface area contributed by atoms with E-state index < -0.39 is 5.41 Å². The van der Waals surface area contributed by atoms with Gasteiger partial charge in [0.05, 0.1) is 27.7 Å². The Morgan fingerprint density at radius 3 is 1.78 bits per heavy atom. The lowest BCUT2D eigenvalue weighted by Crippen LogP contribution is -2.32. The van der Waals surface area contributed by atoms with E-state index in [1.807, 2.05) is 6.07 Å². The number of aromatic nitrogens is 3. The van der Waals surface area contributed by atoms with Crippen molar-refractivity contribution in [3.8, 4) is 51.0 Å². The minimum Gasteiger partial charge on any atom is -0.457 e. The molecule has 0 atom stereocenters. The number of benzene rings is 8. The Hall–Kier alpha value is -7.30. The van der Waals surface area contributed by atoms with Gasteiger partial charge in [0.15, 0.2) is 0 Å². The summed E-state index contributed by atoms with van der Waals surface area (Å²) in [6.07, 6.45) is 0. The smallest absolute Gasteiger partial charge is 0.235 e. The zero-order valence-corrected chi connectivity index (χ0v) is 29.6. The number of ether oxygens (including phenoxy) is 1. The Morgan fingerprint density at radius 2 is 1.00 bits per heavy atom. The summed E-state index contributed by atoms with van der Waals surface area (Å²) in [5.41, 5.74) is 14.0. The van der Waals surface area contributed by atoms with Crippen molar-refractivity contribution >= 4 is 32.7 Å². The third-order valence-electron chi connectivity index (χ3n) is 11.7. The van der Waals surface area contributed by atoms with Crippen LogP contribution in [-0.4, -0.2) is 14.5 Å². The molecule has 12 rings (SSSR count). The van der Waals surface area contributed by atoms with Crippen molar-refractivity contribution in [2.45, 2.75) is 5.41 Å². The second kappa shape index (κ2) is 11.3. The van der Waals surface area contributed by atoms with Gasteiger partial charge in [-0.05, 0) is 63.7 Å². The highest BCUT2D eigenvalue weighted by atomic mass is 16.5. The van der Waals surface area contributed by atoms with Crippen LogP contribution in [-0.2, 0) is 5.41 Å². The molecule has 4 heteroatoms. The highest BCUT2D eigenvalue weighted by Crippen LogP contribution is 2.62. The van der Waals surface area contributed by atoms with E-state index in [9.17, 15) is 0 Å². The van der Waals surface area contributed by atoms with Crippen LogP contribution >= 0.6 is 0 Å². The van der Waals surface area contributed by atoms with Crippen LogP contribution in [0.1, 0.15) is 22.3 Å². The predicted octanol–water partition coefficient (Wildman–Crippen LogP) is 12.5. The Kier molecular flexibility index (Phi) is 6.23. The lowest BCUT2D eigenvalue weighted by Gasteiger charge is -2.39. The molecule has 0 amide bonds. The van der Waals surface area contributed by atoms with Gasteiger partial charge in [-0.25, -0.2) is 9.97 Å². The summed E-state index contributed by atoms with van der Waals surface area (Å²) < 4.78 is 9.15. The normalized spacial score (nSPS) is 13.4. The first-order chi connectivity index (χ1) is 27.3. The molecule has 0 saturated carbocycles. The monoisotopic (exact) mass is 701 g/mol. The van der Waals surface area contributed by atoms with Crippen molar-refractivity contribution < 1.29 is 4.74 Å². The summed E-state index contributed by atoms with van der Waals surface area (Å²) in [7, 11) is 0. The standard InChI is InChI=1S/C51H31N3O/c1-2-14-32(15-3-1)33-26-28-34(29-27-33)49-38-19-6-11-23-44(38)52-50(53-49)54-45-24-12-7-18-37(45)39-30-48-43(31-46(39)54)51(42-22-10-13-25-47(42)55-48)40-20-8-4-16-35(40)36-17-5-9-21-41(36)51/h1-31H. The first-order valence-corrected chi connectivity index (χ1v) is 18.7. The van der Waals surface area contributed by atoms with Crippen LogP contribution in [0.25, 0.3) is 72.2 Å². The first kappa shape index (κ1) is 30.2. The van der Waals surface area contributed by atoms with E-state index in [0.717, 1.165) is 66.6 Å². The van der Waals surface area contributed by atoms with Crippen LogP contribution in [0.2, 0.25) is 0 Å². The fourth-order valence-corrected chi connectivity index (χ4v) is 9.37. The zero-order chi connectivity index (χ0) is 36.1. The van der Waals surface area contributed by atoms with E-state index >= 15 is 0 Å². The fraction of sp³-hybridized carbons (Fsp3) is 0.0196. The van der Waals surface area contributed by atoms with Crippen LogP contribution in [0.5, 0.6) is 11.5 Å². The van der Waals surface area contributed by atoms with Gasteiger partial charge in [0.25, 0.3) is 0 Å². The van der Waals surface area contributed by atoms with Gasteiger partial charge in [-0.3, -0.25) is 4.57 Å². The van der Waals surface area contributed by atoms with E-state index in [1.165, 1.54) is 33.4 Å². The molecule has 256 valence electrons. The summed E-state index contributed by atoms with van der Waals surface area (Å²) >= 11 is 0. The summed E-state index contributed by atoms with van der Waals surface area (Å²) in [6, 6.07) is 67.0. The Bertz CT molecular complexity index is 3130. The van der Waals surface area contributed by atoms with Gasteiger partial charge < -0.3 is 4.74 Å². The Morgan fingerprint density at radius 1 is 0.400 bits per heavy atom. The molecule has 2 aliphatic rings. The molecule has 3 heterocycles. The second-order valence-corrected chi connectivity index (χ2v) is 14.5. The SMILES string of the molecule is c1ccc(-c2ccc(-c3nc(-n4c5ccccc5c5cc6c(cc54)C4(c5ccccc5O6)c5ccccc5-c5ccccc54)nc4ccccc34)cc2)cc1. The maximum absolute atomic E-state index is 6.90. The van der Waals surface area contributed by atoms with Gasteiger partial charge in [0, 0.05) is 32.8 Å². The molecule has 55 heavy (non-hydrogen) atoms. The average molecular weight is 702 g/mol. The van der Waals surface area contributed by atoms with Crippen molar-refractivity contribution in [3.05, 3.63) is 210 Å². The second-order valence-electron chi connectivity index (χ2n) is 14.5. The topological polar surface area (TPSA) is 39.9 Å². The largest absolute Gasteiger partial charge is 0.457 e. The van der Waals surface area contributed by atoms with Gasteiger partial charge in [-0.15, -0.1) is 0 Å². The number of para-hydroxylation sites is 3. The van der Waals surface area contributed by atoms with E-state index in [1.54, 1.807) is 0 Å². The minimum absolute atomic E-state index is 0.581. The summed E-state index contributed by atoms with van der Waals surface area (Å²) in [5, 5.41) is 3.23. The lowest BCUT2D eigenvalue weighted by molar-refractivity contribution is 0.437. The number of hydrogen-bond acceptors (Lipinski definition) is 3. The molecule has 0 N–H and O–H groups in total. The average Bonchev–Trinajstić information content (AvgIpc) is 3.73. The third-order valence-corrected chi connectivity index (χ3v) is 11.7. The van der Waals surface area contributed by atoms with Gasteiger partial charge >= 0.3 is 0 Å². The fourth-order valence-electron chi connectivity index (χ4n) is 9.37. The molecular formula is C51H31N3O. The van der Waals surface area contributed by atoms with Gasteiger partial charge in [0.2, 0.25) is 5.95 Å².